The number of hydrogen-bond donors (Lipinski definition) is 0. The maximum absolute atomic E-state index is 12.3. The van der Waals surface area contributed by atoms with Crippen molar-refractivity contribution in [1.29, 1.82) is 0 Å². The predicted molar refractivity (Wildman–Crippen MR) is 78.6 cm³/mol. The minimum absolute atomic E-state index is 0.0747. The van der Waals surface area contributed by atoms with Gasteiger partial charge in [-0.05, 0) is 57.4 Å². The molecule has 0 saturated heterocycles. The third kappa shape index (κ3) is 3.98. The van der Waals surface area contributed by atoms with Crippen molar-refractivity contribution in [2.24, 2.45) is 0 Å². The van der Waals surface area contributed by atoms with E-state index in [-0.39, 0.29) is 12.0 Å². The van der Waals surface area contributed by atoms with Gasteiger partial charge < -0.3 is 9.64 Å². The highest BCUT2D eigenvalue weighted by atomic mass is 16.5. The summed E-state index contributed by atoms with van der Waals surface area (Å²) in [5.74, 6) is 0.848. The second-order valence-corrected chi connectivity index (χ2v) is 4.77. The van der Waals surface area contributed by atoms with E-state index in [1.807, 2.05) is 43.9 Å². The number of rotatable bonds is 6. The van der Waals surface area contributed by atoms with E-state index >= 15 is 0 Å². The molecule has 0 radical (unpaired) electrons. The summed E-state index contributed by atoms with van der Waals surface area (Å²) in [6, 6.07) is 5.95. The smallest absolute Gasteiger partial charge is 0.263 e. The van der Waals surface area contributed by atoms with Crippen LogP contribution in [0.2, 0.25) is 0 Å². The van der Waals surface area contributed by atoms with Crippen LogP contribution in [0.4, 0.5) is 0 Å². The van der Waals surface area contributed by atoms with Gasteiger partial charge in [0, 0.05) is 13.1 Å². The zero-order valence-corrected chi connectivity index (χ0v) is 12.7. The monoisotopic (exact) mass is 263 g/mol. The molecule has 0 spiro atoms. The quantitative estimate of drug-likeness (QED) is 0.788. The molecule has 19 heavy (non-hydrogen) atoms. The lowest BCUT2D eigenvalue weighted by Crippen LogP contribution is -2.41. The fourth-order valence-corrected chi connectivity index (χ4v) is 2.00. The number of benzene rings is 1. The van der Waals surface area contributed by atoms with Crippen LogP contribution in [0.5, 0.6) is 5.75 Å². The lowest BCUT2D eigenvalue weighted by Gasteiger charge is -2.25. The number of carbonyl (C=O) groups is 1. The van der Waals surface area contributed by atoms with Crippen LogP contribution in [0.25, 0.3) is 0 Å². The van der Waals surface area contributed by atoms with Gasteiger partial charge in [0.15, 0.2) is 6.10 Å². The lowest BCUT2D eigenvalue weighted by atomic mass is 10.1. The number of amides is 1. The van der Waals surface area contributed by atoms with E-state index in [0.717, 1.165) is 18.8 Å². The van der Waals surface area contributed by atoms with Gasteiger partial charge in [0.1, 0.15) is 5.75 Å². The number of carbonyl (C=O) groups excluding carboxylic acids is 1. The van der Waals surface area contributed by atoms with Gasteiger partial charge in [0.2, 0.25) is 0 Å². The summed E-state index contributed by atoms with van der Waals surface area (Å²) < 4.78 is 5.85. The highest BCUT2D eigenvalue weighted by Gasteiger charge is 2.22. The molecule has 106 valence electrons. The van der Waals surface area contributed by atoms with Crippen molar-refractivity contribution in [2.75, 3.05) is 13.1 Å². The summed E-state index contributed by atoms with van der Waals surface area (Å²) in [5, 5.41) is 0. The second kappa shape index (κ2) is 7.17. The maximum Gasteiger partial charge on any atom is 0.263 e. The summed E-state index contributed by atoms with van der Waals surface area (Å²) in [4.78, 5) is 14.1. The maximum atomic E-state index is 12.3. The predicted octanol–water partition coefficient (Wildman–Crippen LogP) is 3.33. The van der Waals surface area contributed by atoms with Crippen LogP contribution in [0, 0.1) is 13.8 Å². The summed E-state index contributed by atoms with van der Waals surface area (Å²) in [6.45, 7) is 11.5. The first-order valence-electron chi connectivity index (χ1n) is 7.06. The molecular weight excluding hydrogens is 238 g/mol. The van der Waals surface area contributed by atoms with E-state index in [0.29, 0.717) is 6.42 Å². The fraction of sp³-hybridized carbons (Fsp3) is 0.562. The molecule has 0 aromatic heterocycles. The van der Waals surface area contributed by atoms with Gasteiger partial charge >= 0.3 is 0 Å². The zero-order valence-electron chi connectivity index (χ0n) is 12.7. The van der Waals surface area contributed by atoms with Crippen LogP contribution >= 0.6 is 0 Å². The highest BCUT2D eigenvalue weighted by Crippen LogP contribution is 2.19. The van der Waals surface area contributed by atoms with Gasteiger partial charge in [0.05, 0.1) is 0 Å². The van der Waals surface area contributed by atoms with E-state index in [1.165, 1.54) is 11.1 Å². The Kier molecular flexibility index (Phi) is 5.87. The first-order valence-corrected chi connectivity index (χ1v) is 7.06. The Morgan fingerprint density at radius 2 is 1.79 bits per heavy atom. The molecule has 0 N–H and O–H groups in total. The van der Waals surface area contributed by atoms with Crippen molar-refractivity contribution < 1.29 is 9.53 Å². The Morgan fingerprint density at radius 1 is 1.16 bits per heavy atom. The average Bonchev–Trinajstić information content (AvgIpc) is 2.41. The largest absolute Gasteiger partial charge is 0.481 e. The molecule has 0 bridgehead atoms. The number of nitrogens with zero attached hydrogens (tertiary/aromatic N) is 1. The Bertz CT molecular complexity index is 425. The van der Waals surface area contributed by atoms with E-state index in [1.54, 1.807) is 0 Å². The average molecular weight is 263 g/mol. The first kappa shape index (κ1) is 15.5. The Hall–Kier alpha value is -1.51. The molecule has 1 aromatic carbocycles. The molecule has 1 rings (SSSR count). The number of ether oxygens (including phenoxy) is 1. The van der Waals surface area contributed by atoms with Gasteiger partial charge in [-0.25, -0.2) is 0 Å². The van der Waals surface area contributed by atoms with Crippen molar-refractivity contribution in [2.45, 2.75) is 47.1 Å². The molecule has 0 saturated carbocycles. The molecule has 3 nitrogen and oxygen atoms in total. The summed E-state index contributed by atoms with van der Waals surface area (Å²) in [5.41, 5.74) is 2.41. The first-order chi connectivity index (χ1) is 9.03. The van der Waals surface area contributed by atoms with Gasteiger partial charge in [-0.15, -0.1) is 0 Å². The van der Waals surface area contributed by atoms with Gasteiger partial charge in [0.25, 0.3) is 5.91 Å². The summed E-state index contributed by atoms with van der Waals surface area (Å²) >= 11 is 0. The van der Waals surface area contributed by atoms with Gasteiger partial charge in [-0.3, -0.25) is 4.79 Å². The van der Waals surface area contributed by atoms with Crippen molar-refractivity contribution >= 4 is 5.91 Å². The third-order valence-electron chi connectivity index (χ3n) is 3.48. The lowest BCUT2D eigenvalue weighted by molar-refractivity contribution is -0.138. The topological polar surface area (TPSA) is 29.5 Å². The van der Waals surface area contributed by atoms with Crippen molar-refractivity contribution in [1.82, 2.24) is 4.90 Å². The molecule has 0 fully saturated rings. The standard InChI is InChI=1S/C16H25NO2/c1-6-15(16(18)17(7-2)8-3)19-14-10-9-12(4)13(5)11-14/h9-11,15H,6-8H2,1-5H3/t15-/m0/s1. The number of hydrogen-bond acceptors (Lipinski definition) is 2. The van der Waals surface area contributed by atoms with Gasteiger partial charge in [-0.2, -0.15) is 0 Å². The molecule has 3 heteroatoms. The molecule has 0 heterocycles. The number of likely N-dealkylation sites (N-methyl/N-ethyl adjacent to an activating group) is 1. The van der Waals surface area contributed by atoms with E-state index in [9.17, 15) is 4.79 Å². The normalized spacial score (nSPS) is 12.1. The Balaban J connectivity index is 2.81. The molecule has 1 aromatic rings. The Morgan fingerprint density at radius 3 is 2.26 bits per heavy atom. The second-order valence-electron chi connectivity index (χ2n) is 4.77. The highest BCUT2D eigenvalue weighted by molar-refractivity contribution is 5.81. The van der Waals surface area contributed by atoms with Crippen molar-refractivity contribution in [3.63, 3.8) is 0 Å². The zero-order chi connectivity index (χ0) is 14.4. The van der Waals surface area contributed by atoms with Crippen molar-refractivity contribution in [3.05, 3.63) is 29.3 Å². The molecule has 0 aliphatic carbocycles. The molecule has 0 aliphatic rings. The van der Waals surface area contributed by atoms with Crippen LogP contribution in [0.15, 0.2) is 18.2 Å². The minimum Gasteiger partial charge on any atom is -0.481 e. The fourth-order valence-electron chi connectivity index (χ4n) is 2.00. The van der Waals surface area contributed by atoms with Crippen LogP contribution in [0.1, 0.15) is 38.3 Å². The molecule has 0 unspecified atom stereocenters. The van der Waals surface area contributed by atoms with Gasteiger partial charge in [-0.1, -0.05) is 13.0 Å². The molecule has 1 amide bonds. The molecule has 0 aliphatic heterocycles. The summed E-state index contributed by atoms with van der Waals surface area (Å²) in [7, 11) is 0. The van der Waals surface area contributed by atoms with E-state index < -0.39 is 0 Å². The minimum atomic E-state index is -0.387. The van der Waals surface area contributed by atoms with Crippen molar-refractivity contribution in [3.8, 4) is 5.75 Å². The van der Waals surface area contributed by atoms with E-state index in [2.05, 4.69) is 13.8 Å². The van der Waals surface area contributed by atoms with E-state index in [4.69, 9.17) is 4.74 Å². The van der Waals surface area contributed by atoms with Crippen LogP contribution in [-0.2, 0) is 4.79 Å². The number of aryl methyl sites for hydroxylation is 2. The Labute approximate surface area is 116 Å². The third-order valence-corrected chi connectivity index (χ3v) is 3.48. The SMILES string of the molecule is CC[C@H](Oc1ccc(C)c(C)c1)C(=O)N(CC)CC. The summed E-state index contributed by atoms with van der Waals surface area (Å²) in [6.07, 6.45) is 0.296. The van der Waals surface area contributed by atoms with Crippen LogP contribution < -0.4 is 4.74 Å². The molecular formula is C16H25NO2. The molecule has 1 atom stereocenters. The van der Waals surface area contributed by atoms with Crippen LogP contribution in [-0.4, -0.2) is 30.0 Å². The van der Waals surface area contributed by atoms with Crippen LogP contribution in [0.3, 0.4) is 0 Å².